The fraction of sp³-hybridized carbons (Fsp3) is 0.333. The molecule has 0 aliphatic carbocycles. The van der Waals surface area contributed by atoms with E-state index >= 15 is 0 Å². The van der Waals surface area contributed by atoms with Gasteiger partial charge in [-0.1, -0.05) is 22.0 Å². The Morgan fingerprint density at radius 2 is 2.00 bits per heavy atom. The van der Waals surface area contributed by atoms with E-state index in [0.717, 1.165) is 10.0 Å². The van der Waals surface area contributed by atoms with Crippen molar-refractivity contribution < 1.29 is 5.21 Å². The molecule has 2 N–H and O–H groups in total. The van der Waals surface area contributed by atoms with Crippen molar-refractivity contribution in [2.24, 2.45) is 0 Å². The third-order valence-corrected chi connectivity index (χ3v) is 2.74. The lowest BCUT2D eigenvalue weighted by atomic mass is 10.1. The quantitative estimate of drug-likeness (QED) is 0.765. The third-order valence-electron chi connectivity index (χ3n) is 1.89. The first-order valence-corrected chi connectivity index (χ1v) is 4.57. The van der Waals surface area contributed by atoms with Crippen LogP contribution >= 0.6 is 15.9 Å². The lowest BCUT2D eigenvalue weighted by Crippen LogP contribution is -2.07. The number of hydrogen-bond acceptors (Lipinski definition) is 2. The molecule has 0 aliphatic heterocycles. The SMILES string of the molecule is Cc1cc(CNO)c(C)cc1Br. The molecule has 0 aliphatic rings. The van der Waals surface area contributed by atoms with E-state index in [1.165, 1.54) is 11.1 Å². The second-order valence-corrected chi connectivity index (χ2v) is 3.72. The zero-order chi connectivity index (χ0) is 9.14. The molecule has 0 amide bonds. The van der Waals surface area contributed by atoms with Gasteiger partial charge in [0.25, 0.3) is 0 Å². The zero-order valence-electron chi connectivity index (χ0n) is 7.19. The first-order valence-electron chi connectivity index (χ1n) is 3.77. The topological polar surface area (TPSA) is 32.3 Å². The molecule has 0 unspecified atom stereocenters. The first-order chi connectivity index (χ1) is 5.65. The molecular formula is C9H12BrNO. The predicted molar refractivity (Wildman–Crippen MR) is 52.2 cm³/mol. The van der Waals surface area contributed by atoms with Crippen molar-refractivity contribution in [3.63, 3.8) is 0 Å². The number of nitrogens with one attached hydrogen (secondary N) is 1. The highest BCUT2D eigenvalue weighted by molar-refractivity contribution is 9.10. The molecule has 1 rings (SSSR count). The summed E-state index contributed by atoms with van der Waals surface area (Å²) in [5.41, 5.74) is 5.64. The predicted octanol–water partition coefficient (Wildman–Crippen LogP) is 2.54. The minimum atomic E-state index is 0.500. The van der Waals surface area contributed by atoms with Crippen LogP contribution in [0.5, 0.6) is 0 Å². The van der Waals surface area contributed by atoms with Gasteiger partial charge in [-0.15, -0.1) is 0 Å². The zero-order valence-corrected chi connectivity index (χ0v) is 8.77. The van der Waals surface area contributed by atoms with Gasteiger partial charge in [0.2, 0.25) is 0 Å². The standard InChI is InChI=1S/C9H12BrNO/c1-6-4-9(10)7(2)3-8(6)5-11-12/h3-4,11-12H,5H2,1-2H3. The van der Waals surface area contributed by atoms with E-state index in [0.29, 0.717) is 6.54 Å². The number of hydroxylamine groups is 1. The fourth-order valence-corrected chi connectivity index (χ4v) is 1.57. The third kappa shape index (κ3) is 2.06. The van der Waals surface area contributed by atoms with Crippen LogP contribution in [0.4, 0.5) is 0 Å². The number of aryl methyl sites for hydroxylation is 2. The molecule has 0 atom stereocenters. The maximum absolute atomic E-state index is 8.54. The van der Waals surface area contributed by atoms with E-state index in [9.17, 15) is 0 Å². The van der Waals surface area contributed by atoms with Crippen LogP contribution in [-0.2, 0) is 6.54 Å². The van der Waals surface area contributed by atoms with Crippen LogP contribution in [0, 0.1) is 13.8 Å². The molecule has 12 heavy (non-hydrogen) atoms. The van der Waals surface area contributed by atoms with Gasteiger partial charge in [0, 0.05) is 11.0 Å². The van der Waals surface area contributed by atoms with Gasteiger partial charge in [-0.25, -0.2) is 5.48 Å². The van der Waals surface area contributed by atoms with Crippen LogP contribution in [-0.4, -0.2) is 5.21 Å². The summed E-state index contributed by atoms with van der Waals surface area (Å²) in [6, 6.07) is 4.12. The highest BCUT2D eigenvalue weighted by Gasteiger charge is 2.01. The summed E-state index contributed by atoms with van der Waals surface area (Å²) < 4.78 is 1.11. The number of halogens is 1. The molecule has 66 valence electrons. The molecule has 2 nitrogen and oxygen atoms in total. The molecule has 3 heteroatoms. The van der Waals surface area contributed by atoms with E-state index in [2.05, 4.69) is 33.5 Å². The van der Waals surface area contributed by atoms with Crippen LogP contribution < -0.4 is 5.48 Å². The second kappa shape index (κ2) is 4.03. The number of rotatable bonds is 2. The molecule has 0 heterocycles. The normalized spacial score (nSPS) is 10.3. The van der Waals surface area contributed by atoms with Gasteiger partial charge < -0.3 is 5.21 Å². The first kappa shape index (κ1) is 9.71. The van der Waals surface area contributed by atoms with Crippen LogP contribution in [0.15, 0.2) is 16.6 Å². The average Bonchev–Trinajstić information content (AvgIpc) is 2.01. The fourth-order valence-electron chi connectivity index (χ4n) is 1.12. The number of hydrogen-bond donors (Lipinski definition) is 2. The van der Waals surface area contributed by atoms with Gasteiger partial charge in [0.05, 0.1) is 0 Å². The minimum absolute atomic E-state index is 0.500. The Hall–Kier alpha value is -0.380. The van der Waals surface area contributed by atoms with Crippen molar-refractivity contribution in [2.75, 3.05) is 0 Å². The number of benzene rings is 1. The Morgan fingerprint density at radius 3 is 2.58 bits per heavy atom. The summed E-state index contributed by atoms with van der Waals surface area (Å²) in [6.07, 6.45) is 0. The molecule has 0 bridgehead atoms. The molecular weight excluding hydrogens is 218 g/mol. The lowest BCUT2D eigenvalue weighted by Gasteiger charge is -2.07. The van der Waals surface area contributed by atoms with Crippen molar-refractivity contribution in [1.29, 1.82) is 0 Å². The van der Waals surface area contributed by atoms with Crippen molar-refractivity contribution in [2.45, 2.75) is 20.4 Å². The van der Waals surface area contributed by atoms with Crippen molar-refractivity contribution in [3.8, 4) is 0 Å². The van der Waals surface area contributed by atoms with Crippen LogP contribution in [0.1, 0.15) is 16.7 Å². The van der Waals surface area contributed by atoms with Crippen LogP contribution in [0.3, 0.4) is 0 Å². The summed E-state index contributed by atoms with van der Waals surface area (Å²) in [7, 11) is 0. The highest BCUT2D eigenvalue weighted by atomic mass is 79.9. The lowest BCUT2D eigenvalue weighted by molar-refractivity contribution is 0.161. The maximum Gasteiger partial charge on any atom is 0.0460 e. The second-order valence-electron chi connectivity index (χ2n) is 2.86. The summed E-state index contributed by atoms with van der Waals surface area (Å²) in [5.74, 6) is 0. The Bertz CT molecular complexity index is 286. The summed E-state index contributed by atoms with van der Waals surface area (Å²) >= 11 is 3.45. The largest absolute Gasteiger partial charge is 0.316 e. The molecule has 1 aromatic rings. The molecule has 0 radical (unpaired) electrons. The van der Waals surface area contributed by atoms with Crippen LogP contribution in [0.2, 0.25) is 0 Å². The summed E-state index contributed by atoms with van der Waals surface area (Å²) in [5, 5.41) is 8.54. The summed E-state index contributed by atoms with van der Waals surface area (Å²) in [6.45, 7) is 4.56. The molecule has 0 saturated heterocycles. The Morgan fingerprint density at radius 1 is 1.33 bits per heavy atom. The molecule has 1 aromatic carbocycles. The van der Waals surface area contributed by atoms with Gasteiger partial charge in [0.15, 0.2) is 0 Å². The van der Waals surface area contributed by atoms with Crippen molar-refractivity contribution in [3.05, 3.63) is 33.3 Å². The Kier molecular flexibility index (Phi) is 3.26. The maximum atomic E-state index is 8.54. The molecule has 0 saturated carbocycles. The van der Waals surface area contributed by atoms with Gasteiger partial charge in [-0.2, -0.15) is 0 Å². The monoisotopic (exact) mass is 229 g/mol. The molecule has 0 fully saturated rings. The van der Waals surface area contributed by atoms with Gasteiger partial charge >= 0.3 is 0 Å². The van der Waals surface area contributed by atoms with Gasteiger partial charge in [0.1, 0.15) is 0 Å². The minimum Gasteiger partial charge on any atom is -0.316 e. The van der Waals surface area contributed by atoms with Gasteiger partial charge in [-0.05, 0) is 36.6 Å². The van der Waals surface area contributed by atoms with E-state index in [1.54, 1.807) is 0 Å². The average molecular weight is 230 g/mol. The smallest absolute Gasteiger partial charge is 0.0460 e. The summed E-state index contributed by atoms with van der Waals surface area (Å²) in [4.78, 5) is 0. The van der Waals surface area contributed by atoms with Crippen LogP contribution in [0.25, 0.3) is 0 Å². The Balaban J connectivity index is 3.05. The van der Waals surface area contributed by atoms with Crippen molar-refractivity contribution in [1.82, 2.24) is 5.48 Å². The van der Waals surface area contributed by atoms with E-state index in [1.807, 2.05) is 13.8 Å². The van der Waals surface area contributed by atoms with Gasteiger partial charge in [-0.3, -0.25) is 0 Å². The van der Waals surface area contributed by atoms with E-state index < -0.39 is 0 Å². The highest BCUT2D eigenvalue weighted by Crippen LogP contribution is 2.20. The van der Waals surface area contributed by atoms with E-state index in [4.69, 9.17) is 5.21 Å². The van der Waals surface area contributed by atoms with E-state index in [-0.39, 0.29) is 0 Å². The van der Waals surface area contributed by atoms with Crippen molar-refractivity contribution >= 4 is 15.9 Å². The Labute approximate surface area is 80.7 Å². The molecule has 0 aromatic heterocycles. The molecule has 0 spiro atoms.